The Labute approximate surface area is 96.4 Å². The van der Waals surface area contributed by atoms with Gasteiger partial charge in [0.05, 0.1) is 12.0 Å². The van der Waals surface area contributed by atoms with E-state index in [1.165, 1.54) is 0 Å². The normalized spacial score (nSPS) is 45.6. The fourth-order valence-electron chi connectivity index (χ4n) is 3.52. The molecule has 0 amide bonds. The lowest BCUT2D eigenvalue weighted by Gasteiger charge is -2.39. The maximum Gasteiger partial charge on any atom is 0.146 e. The van der Waals surface area contributed by atoms with E-state index in [-0.39, 0.29) is 23.5 Å². The summed E-state index contributed by atoms with van der Waals surface area (Å²) in [5, 5.41) is 0. The molecule has 2 aliphatic heterocycles. The van der Waals surface area contributed by atoms with Crippen LogP contribution in [0.4, 0.5) is 0 Å². The Balaban J connectivity index is 1.98. The lowest BCUT2D eigenvalue weighted by Crippen LogP contribution is -2.46. The first kappa shape index (κ1) is 10.3. The van der Waals surface area contributed by atoms with Crippen molar-refractivity contribution in [1.29, 1.82) is 0 Å². The zero-order valence-corrected chi connectivity index (χ0v) is 9.90. The first-order valence-corrected chi connectivity index (χ1v) is 6.15. The van der Waals surface area contributed by atoms with Gasteiger partial charge in [-0.05, 0) is 24.3 Å². The molecule has 1 saturated carbocycles. The third-order valence-corrected chi connectivity index (χ3v) is 4.43. The van der Waals surface area contributed by atoms with Gasteiger partial charge in [0.25, 0.3) is 0 Å². The number of carbonyl (C=O) groups excluding carboxylic acids is 1. The summed E-state index contributed by atoms with van der Waals surface area (Å²) in [5.74, 6) is 0.922. The van der Waals surface area contributed by atoms with Gasteiger partial charge < -0.3 is 4.74 Å². The van der Waals surface area contributed by atoms with Crippen molar-refractivity contribution in [3.63, 3.8) is 0 Å². The van der Waals surface area contributed by atoms with Crippen molar-refractivity contribution in [2.45, 2.75) is 38.4 Å². The minimum absolute atomic E-state index is 0.000128. The van der Waals surface area contributed by atoms with Crippen LogP contribution in [-0.4, -0.2) is 17.5 Å². The van der Waals surface area contributed by atoms with E-state index < -0.39 is 0 Å². The average molecular weight is 218 g/mol. The van der Waals surface area contributed by atoms with Gasteiger partial charge in [-0.25, -0.2) is 0 Å². The largest absolute Gasteiger partial charge is 0.358 e. The van der Waals surface area contributed by atoms with Crippen molar-refractivity contribution in [1.82, 2.24) is 0 Å². The van der Waals surface area contributed by atoms with Gasteiger partial charge in [0.15, 0.2) is 0 Å². The van der Waals surface area contributed by atoms with Crippen LogP contribution in [0.3, 0.4) is 0 Å². The van der Waals surface area contributed by atoms with Crippen LogP contribution in [0.1, 0.15) is 26.7 Å². The van der Waals surface area contributed by atoms with E-state index in [0.29, 0.717) is 11.7 Å². The summed E-state index contributed by atoms with van der Waals surface area (Å²) in [7, 11) is 0. The molecular formula is C14H18O2. The molecule has 3 rings (SSSR count). The summed E-state index contributed by atoms with van der Waals surface area (Å²) in [6.45, 7) is 8.33. The Bertz CT molecular complexity index is 394. The minimum Gasteiger partial charge on any atom is -0.358 e. The Hall–Kier alpha value is -0.890. The second-order valence-corrected chi connectivity index (χ2v) is 5.65. The summed E-state index contributed by atoms with van der Waals surface area (Å²) in [6.07, 6.45) is 6.09. The predicted octanol–water partition coefficient (Wildman–Crippen LogP) is 2.50. The van der Waals surface area contributed by atoms with E-state index in [1.54, 1.807) is 0 Å². The smallest absolute Gasteiger partial charge is 0.146 e. The highest BCUT2D eigenvalue weighted by molar-refractivity contribution is 5.90. The van der Waals surface area contributed by atoms with Gasteiger partial charge in [0, 0.05) is 5.92 Å². The van der Waals surface area contributed by atoms with E-state index in [2.05, 4.69) is 32.6 Å². The van der Waals surface area contributed by atoms with Crippen molar-refractivity contribution in [3.8, 4) is 0 Å². The molecule has 2 bridgehead atoms. The second-order valence-electron chi connectivity index (χ2n) is 5.65. The van der Waals surface area contributed by atoms with E-state index in [9.17, 15) is 4.79 Å². The highest BCUT2D eigenvalue weighted by atomic mass is 16.5. The number of hydrogen-bond donors (Lipinski definition) is 0. The maximum absolute atomic E-state index is 12.5. The van der Waals surface area contributed by atoms with Crippen LogP contribution < -0.4 is 0 Å². The molecular weight excluding hydrogens is 200 g/mol. The number of carbonyl (C=O) groups is 1. The third-order valence-electron chi connectivity index (χ3n) is 4.43. The second kappa shape index (κ2) is 3.07. The fourth-order valence-corrected chi connectivity index (χ4v) is 3.52. The molecule has 2 nitrogen and oxygen atoms in total. The van der Waals surface area contributed by atoms with Gasteiger partial charge in [-0.3, -0.25) is 4.79 Å². The first-order valence-electron chi connectivity index (χ1n) is 6.15. The molecule has 0 N–H and O–H groups in total. The summed E-state index contributed by atoms with van der Waals surface area (Å²) in [5.41, 5.74) is 0.669. The SMILES string of the molecule is C=C1C2C=CC3(CCC(C(C)C)C(=O)C13)O2. The van der Waals surface area contributed by atoms with Crippen molar-refractivity contribution >= 4 is 5.78 Å². The molecule has 4 atom stereocenters. The molecule has 3 aliphatic rings. The molecule has 0 radical (unpaired) electrons. The van der Waals surface area contributed by atoms with Gasteiger partial charge in [-0.1, -0.05) is 32.6 Å². The van der Waals surface area contributed by atoms with Crippen LogP contribution in [-0.2, 0) is 9.53 Å². The van der Waals surface area contributed by atoms with Crippen LogP contribution in [0, 0.1) is 17.8 Å². The number of fused-ring (bicyclic) bond motifs is 1. The lowest BCUT2D eigenvalue weighted by molar-refractivity contribution is -0.136. The standard InChI is InChI=1S/C14H18O2/c1-8(2)10-4-6-14-7-5-11(16-14)9(3)12(14)13(10)15/h5,7-8,10-12H,3-4,6H2,1-2H3. The van der Waals surface area contributed by atoms with E-state index >= 15 is 0 Å². The Morgan fingerprint density at radius 3 is 3.00 bits per heavy atom. The Morgan fingerprint density at radius 2 is 2.31 bits per heavy atom. The molecule has 1 aliphatic carbocycles. The molecule has 2 heteroatoms. The molecule has 16 heavy (non-hydrogen) atoms. The molecule has 86 valence electrons. The van der Waals surface area contributed by atoms with Crippen molar-refractivity contribution in [3.05, 3.63) is 24.3 Å². The van der Waals surface area contributed by atoms with Gasteiger partial charge >= 0.3 is 0 Å². The summed E-state index contributed by atoms with van der Waals surface area (Å²) < 4.78 is 5.94. The Morgan fingerprint density at radius 1 is 1.56 bits per heavy atom. The molecule has 0 aromatic rings. The number of rotatable bonds is 1. The number of hydrogen-bond acceptors (Lipinski definition) is 2. The fraction of sp³-hybridized carbons (Fsp3) is 0.643. The number of Topliss-reactive ketones (excluding diaryl/α,β-unsaturated/α-hetero) is 1. The first-order chi connectivity index (χ1) is 7.55. The van der Waals surface area contributed by atoms with Gasteiger partial charge in [-0.15, -0.1) is 0 Å². The molecule has 0 aromatic carbocycles. The molecule has 2 heterocycles. The highest BCUT2D eigenvalue weighted by Gasteiger charge is 2.59. The monoisotopic (exact) mass is 218 g/mol. The van der Waals surface area contributed by atoms with Crippen LogP contribution in [0.5, 0.6) is 0 Å². The van der Waals surface area contributed by atoms with E-state index in [0.717, 1.165) is 18.4 Å². The quantitative estimate of drug-likeness (QED) is 0.632. The lowest BCUT2D eigenvalue weighted by atomic mass is 9.64. The van der Waals surface area contributed by atoms with Gasteiger partial charge in [-0.2, -0.15) is 0 Å². The van der Waals surface area contributed by atoms with Crippen LogP contribution in [0.15, 0.2) is 24.3 Å². The van der Waals surface area contributed by atoms with Crippen molar-refractivity contribution in [2.24, 2.45) is 17.8 Å². The molecule has 4 unspecified atom stereocenters. The maximum atomic E-state index is 12.5. The van der Waals surface area contributed by atoms with Gasteiger partial charge in [0.2, 0.25) is 0 Å². The zero-order valence-electron chi connectivity index (χ0n) is 9.90. The predicted molar refractivity (Wildman–Crippen MR) is 61.9 cm³/mol. The van der Waals surface area contributed by atoms with Gasteiger partial charge in [0.1, 0.15) is 11.4 Å². The topological polar surface area (TPSA) is 26.3 Å². The average Bonchev–Trinajstić information content (AvgIpc) is 2.73. The molecule has 2 fully saturated rings. The number of ketones is 1. The number of ether oxygens (including phenoxy) is 1. The summed E-state index contributed by atoms with van der Waals surface area (Å²) in [6, 6.07) is 0. The summed E-state index contributed by atoms with van der Waals surface area (Å²) >= 11 is 0. The van der Waals surface area contributed by atoms with Crippen LogP contribution in [0.25, 0.3) is 0 Å². The van der Waals surface area contributed by atoms with E-state index in [4.69, 9.17) is 4.74 Å². The van der Waals surface area contributed by atoms with E-state index in [1.807, 2.05) is 0 Å². The minimum atomic E-state index is -0.315. The van der Waals surface area contributed by atoms with Crippen LogP contribution in [0.2, 0.25) is 0 Å². The molecule has 1 spiro atoms. The molecule has 1 saturated heterocycles. The summed E-state index contributed by atoms with van der Waals surface area (Å²) in [4.78, 5) is 12.5. The van der Waals surface area contributed by atoms with Crippen molar-refractivity contribution in [2.75, 3.05) is 0 Å². The third kappa shape index (κ3) is 1.08. The zero-order chi connectivity index (χ0) is 11.5. The molecule has 0 aromatic heterocycles. The Kier molecular flexibility index (Phi) is 1.97. The highest BCUT2D eigenvalue weighted by Crippen LogP contribution is 2.53. The van der Waals surface area contributed by atoms with Crippen LogP contribution >= 0.6 is 0 Å². The van der Waals surface area contributed by atoms with Crippen molar-refractivity contribution < 1.29 is 9.53 Å².